The van der Waals surface area contributed by atoms with Crippen LogP contribution in [0.1, 0.15) is 25.5 Å². The smallest absolute Gasteiger partial charge is 0.325 e. The number of hydrogen-bond acceptors (Lipinski definition) is 7. The molecule has 2 fully saturated rings. The molecule has 0 spiro atoms. The number of carbonyl (C=O) groups excluding carboxylic acids is 6. The van der Waals surface area contributed by atoms with Gasteiger partial charge >= 0.3 is 17.8 Å². The van der Waals surface area contributed by atoms with Crippen molar-refractivity contribution in [2.45, 2.75) is 31.3 Å². The Kier molecular flexibility index (Phi) is 8.68. The molecule has 0 aliphatic carbocycles. The fourth-order valence-electron chi connectivity index (χ4n) is 3.60. The van der Waals surface area contributed by atoms with Gasteiger partial charge in [0, 0.05) is 38.9 Å². The number of hydrogen-bond donors (Lipinski definition) is 4. The fourth-order valence-corrected chi connectivity index (χ4v) is 4.66. The molecular weight excluding hydrogens is 476 g/mol. The predicted molar refractivity (Wildman–Crippen MR) is 127 cm³/mol. The predicted octanol–water partition coefficient (Wildman–Crippen LogP) is -1.06. The second-order valence-electron chi connectivity index (χ2n) is 7.90. The molecule has 2 saturated heterocycles. The van der Waals surface area contributed by atoms with Crippen molar-refractivity contribution in [2.75, 3.05) is 31.9 Å². The molecule has 188 valence electrons. The summed E-state index contributed by atoms with van der Waals surface area (Å²) in [6.07, 6.45) is 0. The fraction of sp³-hybridized carbons (Fsp3) is 0.455. The zero-order valence-electron chi connectivity index (χ0n) is 19.4. The first kappa shape index (κ1) is 26.0. The topological polar surface area (TPSA) is 157 Å². The second kappa shape index (κ2) is 11.7. The molecule has 3 rings (SSSR count). The normalized spacial score (nSPS) is 20.5. The zero-order chi connectivity index (χ0) is 25.5. The molecule has 2 aliphatic heterocycles. The largest absolute Gasteiger partial charge is 0.356 e. The molecule has 0 aromatic heterocycles. The molecule has 13 heteroatoms. The lowest BCUT2D eigenvalue weighted by Gasteiger charge is -2.37. The molecule has 1 aromatic rings. The Labute approximate surface area is 206 Å². The summed E-state index contributed by atoms with van der Waals surface area (Å²) >= 11 is 1.36. The Morgan fingerprint density at radius 2 is 1.83 bits per heavy atom. The van der Waals surface area contributed by atoms with Crippen LogP contribution in [0.5, 0.6) is 0 Å². The van der Waals surface area contributed by atoms with Crippen LogP contribution in [0.15, 0.2) is 30.3 Å². The molecule has 7 amide bonds. The average Bonchev–Trinajstić information content (AvgIpc) is 2.84. The molecule has 0 bridgehead atoms. The minimum absolute atomic E-state index is 0.00538. The van der Waals surface area contributed by atoms with Crippen LogP contribution in [-0.2, 0) is 24.0 Å². The lowest BCUT2D eigenvalue weighted by atomic mass is 10.0. The first-order valence-electron chi connectivity index (χ1n) is 11.2. The van der Waals surface area contributed by atoms with E-state index in [1.54, 1.807) is 37.3 Å². The van der Waals surface area contributed by atoms with Crippen LogP contribution in [-0.4, -0.2) is 88.7 Å². The highest BCUT2D eigenvalue weighted by atomic mass is 32.2. The molecule has 2 heterocycles. The Balaban J connectivity index is 1.67. The first-order valence-corrected chi connectivity index (χ1v) is 12.2. The summed E-state index contributed by atoms with van der Waals surface area (Å²) in [5.41, 5.74) is 0.443. The van der Waals surface area contributed by atoms with Gasteiger partial charge in [0.05, 0.1) is 0 Å². The number of benzene rings is 1. The molecule has 0 saturated carbocycles. The number of thioether (sulfide) groups is 1. The van der Waals surface area contributed by atoms with E-state index < -0.39 is 41.2 Å². The van der Waals surface area contributed by atoms with Crippen molar-refractivity contribution in [1.29, 1.82) is 0 Å². The van der Waals surface area contributed by atoms with Crippen molar-refractivity contribution in [2.24, 2.45) is 0 Å². The van der Waals surface area contributed by atoms with Crippen LogP contribution in [0, 0.1) is 0 Å². The van der Waals surface area contributed by atoms with E-state index >= 15 is 0 Å². The van der Waals surface area contributed by atoms with Crippen LogP contribution in [0.3, 0.4) is 0 Å². The van der Waals surface area contributed by atoms with Crippen molar-refractivity contribution in [3.63, 3.8) is 0 Å². The highest BCUT2D eigenvalue weighted by molar-refractivity contribution is 8.00. The van der Waals surface area contributed by atoms with E-state index in [-0.39, 0.29) is 24.9 Å². The maximum absolute atomic E-state index is 13.2. The van der Waals surface area contributed by atoms with Gasteiger partial charge in [-0.3, -0.25) is 28.9 Å². The second-order valence-corrected chi connectivity index (χ2v) is 9.15. The van der Waals surface area contributed by atoms with E-state index in [1.165, 1.54) is 23.6 Å². The van der Waals surface area contributed by atoms with Crippen LogP contribution >= 0.6 is 11.8 Å². The Hall–Kier alpha value is -3.61. The van der Waals surface area contributed by atoms with Crippen LogP contribution in [0.4, 0.5) is 4.79 Å². The number of rotatable bonds is 9. The Bertz CT molecular complexity index is 1010. The van der Waals surface area contributed by atoms with Crippen LogP contribution in [0.2, 0.25) is 0 Å². The number of likely N-dealkylation sites (N-methyl/N-ethyl adjacent to an activating group) is 1. The van der Waals surface area contributed by atoms with Gasteiger partial charge in [0.15, 0.2) is 0 Å². The van der Waals surface area contributed by atoms with Crippen molar-refractivity contribution >= 4 is 47.3 Å². The SMILES string of the molecule is CCN1CCN(C(=O)N[C@@H](C(=O)N[C@@H]2C(=O)NC2SCCNC(C)=O)c2ccccc2)C(=O)C1=O. The molecule has 1 aromatic carbocycles. The average molecular weight is 505 g/mol. The number of carbonyl (C=O) groups is 6. The number of nitrogens with one attached hydrogen (secondary N) is 4. The number of nitrogens with zero attached hydrogens (tertiary/aromatic N) is 2. The monoisotopic (exact) mass is 504 g/mol. The molecule has 4 N–H and O–H groups in total. The summed E-state index contributed by atoms with van der Waals surface area (Å²) < 4.78 is 0. The third-order valence-corrected chi connectivity index (χ3v) is 6.73. The summed E-state index contributed by atoms with van der Waals surface area (Å²) in [5, 5.41) is 10.1. The highest BCUT2D eigenvalue weighted by Crippen LogP contribution is 2.21. The minimum atomic E-state index is -1.20. The number of piperazine rings is 1. The van der Waals surface area contributed by atoms with E-state index in [0.29, 0.717) is 24.4 Å². The van der Waals surface area contributed by atoms with Gasteiger partial charge < -0.3 is 26.2 Å². The minimum Gasteiger partial charge on any atom is -0.356 e. The summed E-state index contributed by atoms with van der Waals surface area (Å²) in [6, 6.07) is 5.48. The van der Waals surface area contributed by atoms with E-state index in [1.807, 2.05) is 0 Å². The van der Waals surface area contributed by atoms with Crippen molar-refractivity contribution in [1.82, 2.24) is 31.1 Å². The lowest BCUT2D eigenvalue weighted by Crippen LogP contribution is -2.68. The molecule has 3 atom stereocenters. The van der Waals surface area contributed by atoms with Crippen molar-refractivity contribution in [3.05, 3.63) is 35.9 Å². The van der Waals surface area contributed by atoms with Gasteiger partial charge in [-0.25, -0.2) is 4.79 Å². The molecule has 2 aliphatic rings. The van der Waals surface area contributed by atoms with Gasteiger partial charge in [-0.2, -0.15) is 0 Å². The lowest BCUT2D eigenvalue weighted by molar-refractivity contribution is -0.153. The quantitative estimate of drug-likeness (QED) is 0.190. The maximum Gasteiger partial charge on any atom is 0.325 e. The standard InChI is InChI=1S/C22H28N6O6S/c1-3-27-10-11-28(21(33)20(27)32)22(34)25-15(14-7-5-4-6-8-14)17(30)24-16-18(31)26-19(16)35-12-9-23-13(2)29/h4-8,15-16,19H,3,9-12H2,1-2H3,(H,23,29)(H,24,30)(H,25,34)(H,26,31)/t15-,16-,19?/m1/s1. The van der Waals surface area contributed by atoms with Gasteiger partial charge in [-0.15, -0.1) is 11.8 Å². The van der Waals surface area contributed by atoms with E-state index in [2.05, 4.69) is 21.3 Å². The van der Waals surface area contributed by atoms with E-state index in [9.17, 15) is 28.8 Å². The van der Waals surface area contributed by atoms with Gasteiger partial charge in [0.25, 0.3) is 0 Å². The first-order chi connectivity index (χ1) is 16.7. The molecule has 1 unspecified atom stereocenters. The van der Waals surface area contributed by atoms with E-state index in [4.69, 9.17) is 0 Å². The molecule has 35 heavy (non-hydrogen) atoms. The highest BCUT2D eigenvalue weighted by Gasteiger charge is 2.42. The summed E-state index contributed by atoms with van der Waals surface area (Å²) in [5.74, 6) is -2.38. The number of β-lactam (4-membered cyclic amide) rings is 1. The van der Waals surface area contributed by atoms with Gasteiger partial charge in [0.1, 0.15) is 17.5 Å². The molecule has 0 radical (unpaired) electrons. The maximum atomic E-state index is 13.2. The number of urea groups is 1. The van der Waals surface area contributed by atoms with Crippen molar-refractivity contribution < 1.29 is 28.8 Å². The number of amides is 7. The number of imide groups is 1. The summed E-state index contributed by atoms with van der Waals surface area (Å²) in [6.45, 7) is 4.11. The van der Waals surface area contributed by atoms with Crippen LogP contribution in [0.25, 0.3) is 0 Å². The third-order valence-electron chi connectivity index (χ3n) is 5.54. The van der Waals surface area contributed by atoms with Gasteiger partial charge in [-0.1, -0.05) is 30.3 Å². The van der Waals surface area contributed by atoms with Crippen LogP contribution < -0.4 is 21.3 Å². The van der Waals surface area contributed by atoms with E-state index in [0.717, 1.165) is 4.90 Å². The Morgan fingerprint density at radius 3 is 2.46 bits per heavy atom. The van der Waals surface area contributed by atoms with Gasteiger partial charge in [0.2, 0.25) is 17.7 Å². The Morgan fingerprint density at radius 1 is 1.11 bits per heavy atom. The van der Waals surface area contributed by atoms with Gasteiger partial charge in [-0.05, 0) is 12.5 Å². The zero-order valence-corrected chi connectivity index (χ0v) is 20.2. The third kappa shape index (κ3) is 6.29. The summed E-state index contributed by atoms with van der Waals surface area (Å²) in [4.78, 5) is 75.8. The molecular formula is C22H28N6O6S. The molecule has 12 nitrogen and oxygen atoms in total. The van der Waals surface area contributed by atoms with Crippen molar-refractivity contribution in [3.8, 4) is 0 Å². The summed E-state index contributed by atoms with van der Waals surface area (Å²) in [7, 11) is 0.